The monoisotopic (exact) mass is 417 g/mol. The van der Waals surface area contributed by atoms with E-state index < -0.39 is 18.8 Å². The van der Waals surface area contributed by atoms with Crippen molar-refractivity contribution in [3.8, 4) is 11.1 Å². The van der Waals surface area contributed by atoms with Gasteiger partial charge in [0.05, 0.1) is 0 Å². The first-order valence-corrected chi connectivity index (χ1v) is 9.28. The Morgan fingerprint density at radius 1 is 1.23 bits per heavy atom. The van der Waals surface area contributed by atoms with E-state index in [1.165, 1.54) is 0 Å². The van der Waals surface area contributed by atoms with Gasteiger partial charge in [-0.3, -0.25) is 9.69 Å². The van der Waals surface area contributed by atoms with Gasteiger partial charge in [-0.1, -0.05) is 12.1 Å². The van der Waals surface area contributed by atoms with Crippen LogP contribution in [0.1, 0.15) is 12.8 Å². The lowest BCUT2D eigenvalue weighted by molar-refractivity contribution is -0.122. The Morgan fingerprint density at radius 2 is 1.97 bits per heavy atom. The Kier molecular flexibility index (Phi) is 5.06. The first-order valence-electron chi connectivity index (χ1n) is 9.28. The number of urea groups is 1. The molecular weight excluding hydrogens is 399 g/mol. The maximum atomic E-state index is 12.2. The van der Waals surface area contributed by atoms with Crippen LogP contribution < -0.4 is 15.5 Å². The van der Waals surface area contributed by atoms with Crippen molar-refractivity contribution in [2.75, 3.05) is 16.8 Å². The van der Waals surface area contributed by atoms with Crippen LogP contribution in [0.4, 0.5) is 29.5 Å². The second-order valence-corrected chi connectivity index (χ2v) is 7.01. The number of nitrogens with zero attached hydrogens (tertiary/aromatic N) is 2. The number of alkyl halides is 3. The lowest BCUT2D eigenvalue weighted by Gasteiger charge is -2.17. The van der Waals surface area contributed by atoms with Crippen LogP contribution in [0.5, 0.6) is 0 Å². The molecule has 0 unspecified atom stereocenters. The normalized spacial score (nSPS) is 13.8. The minimum Gasteiger partial charge on any atom is -0.346 e. The molecule has 10 heteroatoms. The van der Waals surface area contributed by atoms with Crippen LogP contribution in [0, 0.1) is 0 Å². The van der Waals surface area contributed by atoms with E-state index in [1.54, 1.807) is 40.7 Å². The van der Waals surface area contributed by atoms with Gasteiger partial charge in [0.15, 0.2) is 0 Å². The van der Waals surface area contributed by atoms with E-state index >= 15 is 0 Å². The number of pyridine rings is 1. The van der Waals surface area contributed by atoms with E-state index in [-0.39, 0.29) is 6.04 Å². The number of amides is 3. The van der Waals surface area contributed by atoms with Gasteiger partial charge in [-0.05, 0) is 48.2 Å². The lowest BCUT2D eigenvalue weighted by Crippen LogP contribution is -2.36. The molecular formula is C20H18F3N5O2. The van der Waals surface area contributed by atoms with Crippen molar-refractivity contribution in [3.05, 3.63) is 42.6 Å². The standard InChI is InChI=1S/C20H18F3N5O2/c21-20(22,23)10-25-19(30)26-13-3-1-12(2-4-13)16-9-17(28(11-29)14-5-6-14)27-18-15(16)7-8-24-18/h1-4,7-9,11,14H,5-6,10H2,(H,24,27)(H2,25,26,30). The predicted octanol–water partition coefficient (Wildman–Crippen LogP) is 4.04. The zero-order valence-corrected chi connectivity index (χ0v) is 15.7. The summed E-state index contributed by atoms with van der Waals surface area (Å²) in [7, 11) is 0. The van der Waals surface area contributed by atoms with Gasteiger partial charge in [0.2, 0.25) is 6.41 Å². The summed E-state index contributed by atoms with van der Waals surface area (Å²) in [5, 5.41) is 4.98. The highest BCUT2D eigenvalue weighted by molar-refractivity contribution is 5.96. The molecule has 0 bridgehead atoms. The van der Waals surface area contributed by atoms with Crippen molar-refractivity contribution >= 4 is 35.0 Å². The number of H-pyrrole nitrogens is 1. The SMILES string of the molecule is O=CN(c1cc(-c2ccc(NC(=O)NCC(F)(F)F)cc2)c2cc[nH]c2n1)C1CC1. The summed E-state index contributed by atoms with van der Waals surface area (Å²) in [6.45, 7) is -1.41. The topological polar surface area (TPSA) is 90.1 Å². The highest BCUT2D eigenvalue weighted by atomic mass is 19.4. The number of fused-ring (bicyclic) bond motifs is 1. The molecule has 2 aromatic heterocycles. The molecule has 1 aliphatic carbocycles. The van der Waals surface area contributed by atoms with Crippen molar-refractivity contribution in [3.63, 3.8) is 0 Å². The van der Waals surface area contributed by atoms with E-state index in [1.807, 2.05) is 12.1 Å². The second kappa shape index (κ2) is 7.69. The molecule has 0 spiro atoms. The maximum absolute atomic E-state index is 12.2. The van der Waals surface area contributed by atoms with Crippen molar-refractivity contribution in [2.45, 2.75) is 25.1 Å². The van der Waals surface area contributed by atoms with Gasteiger partial charge in [0.1, 0.15) is 18.0 Å². The van der Waals surface area contributed by atoms with Crippen LogP contribution in [0.2, 0.25) is 0 Å². The Morgan fingerprint density at radius 3 is 2.60 bits per heavy atom. The molecule has 1 aromatic carbocycles. The summed E-state index contributed by atoms with van der Waals surface area (Å²) in [6, 6.07) is 9.61. The smallest absolute Gasteiger partial charge is 0.346 e. The van der Waals surface area contributed by atoms with Crippen LogP contribution in [-0.4, -0.2) is 41.2 Å². The van der Waals surface area contributed by atoms with Crippen molar-refractivity contribution in [1.29, 1.82) is 0 Å². The third-order valence-corrected chi connectivity index (χ3v) is 4.74. The first-order chi connectivity index (χ1) is 14.3. The molecule has 3 amide bonds. The minimum absolute atomic E-state index is 0.164. The number of hydrogen-bond acceptors (Lipinski definition) is 3. The number of aromatic amines is 1. The van der Waals surface area contributed by atoms with E-state index in [0.717, 1.165) is 35.8 Å². The van der Waals surface area contributed by atoms with E-state index in [4.69, 9.17) is 0 Å². The van der Waals surface area contributed by atoms with Gasteiger partial charge in [-0.2, -0.15) is 13.2 Å². The summed E-state index contributed by atoms with van der Waals surface area (Å²) in [6.07, 6.45) is -0.0536. The molecule has 4 rings (SSSR count). The molecule has 1 fully saturated rings. The number of nitrogens with one attached hydrogen (secondary N) is 3. The molecule has 2 heterocycles. The molecule has 0 radical (unpaired) electrons. The molecule has 3 aromatic rings. The molecule has 0 atom stereocenters. The fourth-order valence-electron chi connectivity index (χ4n) is 3.16. The zero-order chi connectivity index (χ0) is 21.3. The Hall–Kier alpha value is -3.56. The molecule has 0 saturated heterocycles. The van der Waals surface area contributed by atoms with E-state index in [9.17, 15) is 22.8 Å². The second-order valence-electron chi connectivity index (χ2n) is 7.01. The highest BCUT2D eigenvalue weighted by Crippen LogP contribution is 2.35. The lowest BCUT2D eigenvalue weighted by atomic mass is 10.0. The van der Waals surface area contributed by atoms with Gasteiger partial charge >= 0.3 is 12.2 Å². The molecule has 30 heavy (non-hydrogen) atoms. The summed E-state index contributed by atoms with van der Waals surface area (Å²) in [4.78, 5) is 32.3. The average molecular weight is 417 g/mol. The number of anilines is 2. The van der Waals surface area contributed by atoms with Crippen LogP contribution in [0.3, 0.4) is 0 Å². The number of aromatic nitrogens is 2. The Balaban J connectivity index is 1.57. The third kappa shape index (κ3) is 4.37. The molecule has 156 valence electrons. The van der Waals surface area contributed by atoms with Crippen LogP contribution >= 0.6 is 0 Å². The van der Waals surface area contributed by atoms with Crippen LogP contribution in [0.15, 0.2) is 42.6 Å². The highest BCUT2D eigenvalue weighted by Gasteiger charge is 2.30. The largest absolute Gasteiger partial charge is 0.405 e. The molecule has 1 aliphatic rings. The van der Waals surface area contributed by atoms with Gasteiger partial charge < -0.3 is 15.6 Å². The van der Waals surface area contributed by atoms with Crippen LogP contribution in [-0.2, 0) is 4.79 Å². The summed E-state index contributed by atoms with van der Waals surface area (Å²) >= 11 is 0. The maximum Gasteiger partial charge on any atom is 0.405 e. The van der Waals surface area contributed by atoms with Gasteiger partial charge in [-0.15, -0.1) is 0 Å². The quantitative estimate of drug-likeness (QED) is 0.529. The molecule has 0 aliphatic heterocycles. The van der Waals surface area contributed by atoms with Crippen LogP contribution in [0.25, 0.3) is 22.2 Å². The summed E-state index contributed by atoms with van der Waals surface area (Å²) in [5.74, 6) is 0.547. The third-order valence-electron chi connectivity index (χ3n) is 4.74. The van der Waals surface area contributed by atoms with Crippen molar-refractivity contribution in [1.82, 2.24) is 15.3 Å². The number of hydrogen-bond donors (Lipinski definition) is 3. The fraction of sp³-hybridized carbons (Fsp3) is 0.250. The summed E-state index contributed by atoms with van der Waals surface area (Å²) < 4.78 is 36.6. The van der Waals surface area contributed by atoms with E-state index in [2.05, 4.69) is 15.3 Å². The number of carbonyl (C=O) groups is 2. The predicted molar refractivity (Wildman–Crippen MR) is 106 cm³/mol. The molecule has 1 saturated carbocycles. The van der Waals surface area contributed by atoms with Crippen molar-refractivity contribution < 1.29 is 22.8 Å². The number of halogens is 3. The Labute approximate surface area is 169 Å². The van der Waals surface area contributed by atoms with E-state index in [0.29, 0.717) is 17.2 Å². The first kappa shape index (κ1) is 19.7. The molecule has 3 N–H and O–H groups in total. The fourth-order valence-corrected chi connectivity index (χ4v) is 3.16. The minimum atomic E-state index is -4.47. The average Bonchev–Trinajstić information content (AvgIpc) is 3.42. The number of rotatable bonds is 6. The Bertz CT molecular complexity index is 1070. The van der Waals surface area contributed by atoms with Gasteiger partial charge in [-0.25, -0.2) is 9.78 Å². The number of carbonyl (C=O) groups excluding carboxylic acids is 2. The number of benzene rings is 1. The van der Waals surface area contributed by atoms with Gasteiger partial charge in [0.25, 0.3) is 0 Å². The zero-order valence-electron chi connectivity index (χ0n) is 15.7. The van der Waals surface area contributed by atoms with Gasteiger partial charge in [0, 0.05) is 23.3 Å². The molecule has 7 nitrogen and oxygen atoms in total. The summed E-state index contributed by atoms with van der Waals surface area (Å²) in [5.41, 5.74) is 2.65. The van der Waals surface area contributed by atoms with Crippen molar-refractivity contribution in [2.24, 2.45) is 0 Å².